The first-order valence-electron chi connectivity index (χ1n) is 9.95. The van der Waals surface area contributed by atoms with E-state index in [9.17, 15) is 0 Å². The summed E-state index contributed by atoms with van der Waals surface area (Å²) in [6, 6.07) is 21.5. The molecule has 0 aliphatic heterocycles. The molecule has 152 valence electrons. The molecular weight excluding hydrogens is 358 g/mol. The van der Waals surface area contributed by atoms with Crippen LogP contribution in [0.15, 0.2) is 78.0 Å². The van der Waals surface area contributed by atoms with Crippen molar-refractivity contribution in [2.45, 2.75) is 39.0 Å². The first kappa shape index (κ1) is 24.0. The summed E-state index contributed by atoms with van der Waals surface area (Å²) >= 11 is 0. The molecule has 0 unspecified atom stereocenters. The third-order valence-electron chi connectivity index (χ3n) is 4.27. The van der Waals surface area contributed by atoms with Crippen LogP contribution in [0.3, 0.4) is 0 Å². The average Bonchev–Trinajstić information content (AvgIpc) is 2.65. The summed E-state index contributed by atoms with van der Waals surface area (Å²) in [5, 5.41) is 0. The molecule has 1 nitrogen and oxygen atoms in total. The summed E-state index contributed by atoms with van der Waals surface area (Å²) in [5.41, 5.74) is 5.29. The fourth-order valence-electron chi connectivity index (χ4n) is 2.45. The lowest BCUT2D eigenvalue weighted by atomic mass is 10.0. The highest BCUT2D eigenvalue weighted by atomic mass is 32.3. The van der Waals surface area contributed by atoms with Crippen LogP contribution >= 0.6 is 10.0 Å². The molecule has 0 spiro atoms. The maximum Gasteiger partial charge on any atom is 0.169 e. The van der Waals surface area contributed by atoms with Gasteiger partial charge in [-0.05, 0) is 54.9 Å². The summed E-state index contributed by atoms with van der Waals surface area (Å²) in [7, 11) is 1.51. The zero-order valence-electron chi connectivity index (χ0n) is 19.0. The Morgan fingerprint density at radius 2 is 1.25 bits per heavy atom. The molecule has 28 heavy (non-hydrogen) atoms. The van der Waals surface area contributed by atoms with Gasteiger partial charge in [0, 0.05) is 17.0 Å². The molecule has 0 saturated heterocycles. The van der Waals surface area contributed by atoms with Gasteiger partial charge in [0.05, 0.1) is 0 Å². The van der Waals surface area contributed by atoms with Crippen LogP contribution in [0, 0.1) is 13.8 Å². The molecule has 0 radical (unpaired) electrons. The highest BCUT2D eigenvalue weighted by Crippen LogP contribution is 2.44. The molecule has 1 aromatic heterocycles. The summed E-state index contributed by atoms with van der Waals surface area (Å²) in [6.45, 7) is 8.55. The smallest absolute Gasteiger partial charge is 0.169 e. The molecule has 3 rings (SSSR count). The van der Waals surface area contributed by atoms with E-state index in [4.69, 9.17) is 0 Å². The molecule has 2 heteroatoms. The molecule has 0 aliphatic rings. The van der Waals surface area contributed by atoms with Crippen LogP contribution in [0.1, 0.15) is 31.4 Å². The molecule has 1 heterocycles. The number of pyridine rings is 1. The number of aryl methyl sites for hydroxylation is 3. The Hall–Kier alpha value is -2.06. The van der Waals surface area contributed by atoms with E-state index < -0.39 is 10.0 Å². The zero-order valence-corrected chi connectivity index (χ0v) is 19.8. The van der Waals surface area contributed by atoms with E-state index >= 15 is 0 Å². The SMILES string of the molecule is CCC.C[n+]1ccc(S(C)(C)C)cc1.Cc1ccc(-c2ccccc2)cc1C. The van der Waals surface area contributed by atoms with Crippen molar-refractivity contribution in [2.75, 3.05) is 18.8 Å². The van der Waals surface area contributed by atoms with E-state index in [0.717, 1.165) is 0 Å². The molecule has 0 amide bonds. The summed E-state index contributed by atoms with van der Waals surface area (Å²) in [6.07, 6.45) is 12.4. The largest absolute Gasteiger partial charge is 0.223 e. The Morgan fingerprint density at radius 3 is 1.71 bits per heavy atom. The van der Waals surface area contributed by atoms with E-state index in [2.05, 4.69) is 118 Å². The van der Waals surface area contributed by atoms with Crippen LogP contribution in [0.5, 0.6) is 0 Å². The highest BCUT2D eigenvalue weighted by Gasteiger charge is 2.08. The lowest BCUT2D eigenvalue weighted by Gasteiger charge is -2.24. The Morgan fingerprint density at radius 1 is 0.714 bits per heavy atom. The molecular formula is C26H38NS+. The van der Waals surface area contributed by atoms with Crippen molar-refractivity contribution in [3.8, 4) is 11.1 Å². The second kappa shape index (κ2) is 11.7. The standard InChI is InChI=1S/C14H14.C9H16NS.C3H8/c1-11-8-9-14(10-12(11)2)13-6-4-3-5-7-13;1-10-7-5-9(6-8-10)11(2,3)4;1-3-2/h3-10H,1-2H3;5-8H,1-4H3;3H2,1-2H3/q;+1;. The third-order valence-corrected chi connectivity index (χ3v) is 5.96. The van der Waals surface area contributed by atoms with Crippen molar-refractivity contribution < 1.29 is 4.57 Å². The predicted molar refractivity (Wildman–Crippen MR) is 129 cm³/mol. The molecule has 0 bridgehead atoms. The van der Waals surface area contributed by atoms with Gasteiger partial charge in [-0.1, -0.05) is 68.8 Å². The monoisotopic (exact) mass is 396 g/mol. The van der Waals surface area contributed by atoms with Crippen LogP contribution in [0.4, 0.5) is 0 Å². The van der Waals surface area contributed by atoms with Gasteiger partial charge in [-0.2, -0.15) is 0 Å². The fourth-order valence-corrected chi connectivity index (χ4v) is 3.39. The Bertz CT molecular complexity index is 815. The maximum atomic E-state index is 2.31. The number of benzene rings is 2. The Balaban J connectivity index is 0.000000252. The van der Waals surface area contributed by atoms with Gasteiger partial charge in [0.2, 0.25) is 0 Å². The minimum atomic E-state index is -0.533. The number of aromatic nitrogens is 1. The maximum absolute atomic E-state index is 2.31. The Kier molecular flexibility index (Phi) is 10.0. The van der Waals surface area contributed by atoms with Crippen molar-refractivity contribution in [3.63, 3.8) is 0 Å². The van der Waals surface area contributed by atoms with Gasteiger partial charge in [-0.15, -0.1) is 0 Å². The molecule has 0 aliphatic carbocycles. The van der Waals surface area contributed by atoms with Crippen LogP contribution in [-0.4, -0.2) is 18.8 Å². The first-order chi connectivity index (χ1) is 13.2. The van der Waals surface area contributed by atoms with E-state index in [0.29, 0.717) is 0 Å². The first-order valence-corrected chi connectivity index (χ1v) is 12.8. The lowest BCUT2D eigenvalue weighted by molar-refractivity contribution is -0.671. The summed E-state index contributed by atoms with van der Waals surface area (Å²) < 4.78 is 2.06. The Labute approximate surface area is 174 Å². The van der Waals surface area contributed by atoms with Crippen LogP contribution in [-0.2, 0) is 7.05 Å². The minimum Gasteiger partial charge on any atom is -0.223 e. The van der Waals surface area contributed by atoms with Gasteiger partial charge >= 0.3 is 0 Å². The van der Waals surface area contributed by atoms with Crippen molar-refractivity contribution in [3.05, 3.63) is 84.2 Å². The highest BCUT2D eigenvalue weighted by molar-refractivity contribution is 8.32. The van der Waals surface area contributed by atoms with Crippen molar-refractivity contribution in [1.82, 2.24) is 0 Å². The fraction of sp³-hybridized carbons (Fsp3) is 0.346. The van der Waals surface area contributed by atoms with Gasteiger partial charge in [0.25, 0.3) is 0 Å². The van der Waals surface area contributed by atoms with Gasteiger partial charge in [-0.3, -0.25) is 0 Å². The molecule has 2 aromatic carbocycles. The lowest BCUT2D eigenvalue weighted by Crippen LogP contribution is -2.25. The quantitative estimate of drug-likeness (QED) is 0.413. The molecule has 0 N–H and O–H groups in total. The summed E-state index contributed by atoms with van der Waals surface area (Å²) in [4.78, 5) is 1.47. The van der Waals surface area contributed by atoms with Crippen molar-refractivity contribution >= 4 is 10.0 Å². The second-order valence-electron chi connectivity index (χ2n) is 7.91. The molecule has 0 fully saturated rings. The zero-order chi connectivity index (χ0) is 21.2. The van der Waals surface area contributed by atoms with Gasteiger partial charge < -0.3 is 0 Å². The van der Waals surface area contributed by atoms with Gasteiger partial charge in [0.15, 0.2) is 12.4 Å². The number of rotatable bonds is 2. The molecule has 3 aromatic rings. The normalized spacial score (nSPS) is 10.9. The van der Waals surface area contributed by atoms with Crippen molar-refractivity contribution in [1.29, 1.82) is 0 Å². The van der Waals surface area contributed by atoms with E-state index in [1.807, 2.05) is 13.1 Å². The number of hydrogen-bond donors (Lipinski definition) is 0. The van der Waals surface area contributed by atoms with Gasteiger partial charge in [-0.25, -0.2) is 14.6 Å². The van der Waals surface area contributed by atoms with Crippen molar-refractivity contribution in [2.24, 2.45) is 7.05 Å². The number of nitrogens with zero attached hydrogens (tertiary/aromatic N) is 1. The molecule has 0 saturated carbocycles. The van der Waals surface area contributed by atoms with Crippen LogP contribution in [0.2, 0.25) is 0 Å². The topological polar surface area (TPSA) is 3.88 Å². The van der Waals surface area contributed by atoms with E-state index in [-0.39, 0.29) is 0 Å². The number of hydrogen-bond acceptors (Lipinski definition) is 0. The summed E-state index contributed by atoms with van der Waals surface area (Å²) in [5.74, 6) is 0. The molecule has 0 atom stereocenters. The average molecular weight is 397 g/mol. The second-order valence-corrected chi connectivity index (χ2v) is 12.1. The van der Waals surface area contributed by atoms with Gasteiger partial charge in [0.1, 0.15) is 7.05 Å². The van der Waals surface area contributed by atoms with E-state index in [1.165, 1.54) is 33.6 Å². The third kappa shape index (κ3) is 8.31. The van der Waals surface area contributed by atoms with Crippen LogP contribution < -0.4 is 4.57 Å². The minimum absolute atomic E-state index is 0.533. The van der Waals surface area contributed by atoms with Crippen LogP contribution in [0.25, 0.3) is 11.1 Å². The predicted octanol–water partition coefficient (Wildman–Crippen LogP) is 6.95. The van der Waals surface area contributed by atoms with E-state index in [1.54, 1.807) is 0 Å².